The van der Waals surface area contributed by atoms with Crippen LogP contribution in [0.1, 0.15) is 40.0 Å². The topological polar surface area (TPSA) is 96.7 Å². The number of benzene rings is 2. The zero-order valence-corrected chi connectivity index (χ0v) is 15.8. The number of pyridine rings is 1. The molecule has 0 spiro atoms. The number of carbonyl (C=O) groups is 1. The summed E-state index contributed by atoms with van der Waals surface area (Å²) >= 11 is 0. The highest BCUT2D eigenvalue weighted by Gasteiger charge is 2.13. The lowest BCUT2D eigenvalue weighted by Gasteiger charge is -2.11. The molecule has 4 aromatic rings. The van der Waals surface area contributed by atoms with Crippen molar-refractivity contribution in [2.24, 2.45) is 5.73 Å². The predicted octanol–water partition coefficient (Wildman–Crippen LogP) is 3.63. The van der Waals surface area contributed by atoms with Crippen LogP contribution in [0.15, 0.2) is 67.0 Å². The molecule has 4 rings (SSSR count). The minimum atomic E-state index is -0.238. The maximum absolute atomic E-state index is 12.8. The number of rotatable bonds is 3. The fourth-order valence-corrected chi connectivity index (χ4v) is 3.02. The molecule has 6 heteroatoms. The number of aromatic amines is 1. The average Bonchev–Trinajstić information content (AvgIpc) is 3.22. The van der Waals surface area contributed by atoms with E-state index in [0.717, 1.165) is 22.1 Å². The summed E-state index contributed by atoms with van der Waals surface area (Å²) < 4.78 is 0. The van der Waals surface area contributed by atoms with E-state index in [4.69, 9.17) is 5.73 Å². The van der Waals surface area contributed by atoms with Gasteiger partial charge in [0.15, 0.2) is 5.65 Å². The molecule has 1 unspecified atom stereocenters. The lowest BCUT2D eigenvalue weighted by atomic mass is 9.98. The van der Waals surface area contributed by atoms with Crippen molar-refractivity contribution in [1.82, 2.24) is 15.2 Å². The van der Waals surface area contributed by atoms with E-state index in [2.05, 4.69) is 32.3 Å². The number of amides is 1. The van der Waals surface area contributed by atoms with Gasteiger partial charge in [0, 0.05) is 28.9 Å². The standard InChI is InChI=1S/C23H19N5O/c1-15(24)19-10-9-18(13-17(19)8-7-16-5-3-2-4-6-16)23(29)27-21-11-12-25-22-20(21)14-26-28-22/h2-6,9-15H,24H2,1H3,(H2,25,26,27,28,29). The Hall–Kier alpha value is -3.95. The van der Waals surface area contributed by atoms with Crippen LogP contribution >= 0.6 is 0 Å². The third-order valence-corrected chi connectivity index (χ3v) is 4.52. The Morgan fingerprint density at radius 2 is 1.97 bits per heavy atom. The van der Waals surface area contributed by atoms with Gasteiger partial charge in [-0.1, -0.05) is 36.1 Å². The molecule has 0 aliphatic heterocycles. The van der Waals surface area contributed by atoms with E-state index < -0.39 is 0 Å². The third kappa shape index (κ3) is 4.00. The highest BCUT2D eigenvalue weighted by molar-refractivity contribution is 6.08. The summed E-state index contributed by atoms with van der Waals surface area (Å²) in [5, 5.41) is 10.4. The Bertz CT molecular complexity index is 1230. The van der Waals surface area contributed by atoms with Gasteiger partial charge in [-0.2, -0.15) is 5.10 Å². The molecule has 2 heterocycles. The van der Waals surface area contributed by atoms with Crippen LogP contribution in [0.5, 0.6) is 0 Å². The molecular weight excluding hydrogens is 362 g/mol. The van der Waals surface area contributed by atoms with E-state index in [1.165, 1.54) is 0 Å². The molecule has 0 bridgehead atoms. The highest BCUT2D eigenvalue weighted by Crippen LogP contribution is 2.22. The first-order valence-electron chi connectivity index (χ1n) is 9.18. The molecule has 6 nitrogen and oxygen atoms in total. The number of H-pyrrole nitrogens is 1. The van der Waals surface area contributed by atoms with E-state index in [0.29, 0.717) is 16.9 Å². The molecule has 0 radical (unpaired) electrons. The van der Waals surface area contributed by atoms with Gasteiger partial charge in [0.2, 0.25) is 0 Å². The summed E-state index contributed by atoms with van der Waals surface area (Å²) in [6.45, 7) is 1.90. The van der Waals surface area contributed by atoms with E-state index in [1.807, 2.05) is 43.3 Å². The molecule has 1 amide bonds. The van der Waals surface area contributed by atoms with Crippen LogP contribution in [0.2, 0.25) is 0 Å². The Kier molecular flexibility index (Phi) is 5.06. The van der Waals surface area contributed by atoms with Crippen LogP contribution in [-0.4, -0.2) is 21.1 Å². The Balaban J connectivity index is 1.66. The Morgan fingerprint density at radius 1 is 1.14 bits per heavy atom. The molecule has 29 heavy (non-hydrogen) atoms. The monoisotopic (exact) mass is 381 g/mol. The van der Waals surface area contributed by atoms with Gasteiger partial charge in [-0.15, -0.1) is 0 Å². The summed E-state index contributed by atoms with van der Waals surface area (Å²) in [6, 6.07) is 16.6. The number of hydrogen-bond donors (Lipinski definition) is 3. The van der Waals surface area contributed by atoms with Gasteiger partial charge < -0.3 is 11.1 Å². The zero-order chi connectivity index (χ0) is 20.2. The fourth-order valence-electron chi connectivity index (χ4n) is 3.02. The van der Waals surface area contributed by atoms with Crippen molar-refractivity contribution in [1.29, 1.82) is 0 Å². The molecule has 142 valence electrons. The lowest BCUT2D eigenvalue weighted by molar-refractivity contribution is 0.102. The van der Waals surface area contributed by atoms with Crippen molar-refractivity contribution in [2.75, 3.05) is 5.32 Å². The molecule has 1 atom stereocenters. The maximum atomic E-state index is 12.8. The van der Waals surface area contributed by atoms with Crippen molar-refractivity contribution < 1.29 is 4.79 Å². The first-order chi connectivity index (χ1) is 14.1. The fraction of sp³-hybridized carbons (Fsp3) is 0.0870. The second-order valence-corrected chi connectivity index (χ2v) is 6.65. The second kappa shape index (κ2) is 7.97. The number of fused-ring (bicyclic) bond motifs is 1. The predicted molar refractivity (Wildman–Crippen MR) is 113 cm³/mol. The largest absolute Gasteiger partial charge is 0.324 e. The van der Waals surface area contributed by atoms with Crippen molar-refractivity contribution in [3.8, 4) is 11.8 Å². The number of hydrogen-bond acceptors (Lipinski definition) is 4. The van der Waals surface area contributed by atoms with Crippen LogP contribution in [0.4, 0.5) is 5.69 Å². The normalized spacial score (nSPS) is 11.5. The van der Waals surface area contributed by atoms with Crippen LogP contribution in [0.25, 0.3) is 11.0 Å². The van der Waals surface area contributed by atoms with Gasteiger partial charge in [0.1, 0.15) is 0 Å². The molecule has 2 aromatic heterocycles. The van der Waals surface area contributed by atoms with E-state index in [1.54, 1.807) is 30.6 Å². The van der Waals surface area contributed by atoms with E-state index in [9.17, 15) is 4.79 Å². The molecule has 0 aliphatic rings. The zero-order valence-electron chi connectivity index (χ0n) is 15.8. The number of nitrogens with one attached hydrogen (secondary N) is 2. The van der Waals surface area contributed by atoms with Crippen LogP contribution in [-0.2, 0) is 0 Å². The lowest BCUT2D eigenvalue weighted by Crippen LogP contribution is -2.14. The van der Waals surface area contributed by atoms with Gasteiger partial charge in [-0.25, -0.2) is 4.98 Å². The highest BCUT2D eigenvalue weighted by atomic mass is 16.1. The summed E-state index contributed by atoms with van der Waals surface area (Å²) in [6.07, 6.45) is 3.25. The van der Waals surface area contributed by atoms with Crippen molar-refractivity contribution >= 4 is 22.6 Å². The number of aromatic nitrogens is 3. The number of anilines is 1. The Morgan fingerprint density at radius 3 is 2.76 bits per heavy atom. The molecule has 2 aromatic carbocycles. The first-order valence-corrected chi connectivity index (χ1v) is 9.18. The Labute approximate surface area is 168 Å². The smallest absolute Gasteiger partial charge is 0.255 e. The molecule has 0 aliphatic carbocycles. The molecule has 0 fully saturated rings. The first kappa shape index (κ1) is 18.4. The number of nitrogens with two attached hydrogens (primary N) is 1. The summed E-state index contributed by atoms with van der Waals surface area (Å²) in [7, 11) is 0. The number of carbonyl (C=O) groups excluding carboxylic acids is 1. The van der Waals surface area contributed by atoms with Crippen molar-refractivity contribution in [3.63, 3.8) is 0 Å². The molecule has 0 saturated carbocycles. The molecule has 0 saturated heterocycles. The van der Waals surface area contributed by atoms with Crippen LogP contribution in [0.3, 0.4) is 0 Å². The van der Waals surface area contributed by atoms with Gasteiger partial charge in [-0.3, -0.25) is 9.89 Å². The van der Waals surface area contributed by atoms with Gasteiger partial charge in [-0.05, 0) is 42.8 Å². The van der Waals surface area contributed by atoms with Gasteiger partial charge in [0.25, 0.3) is 5.91 Å². The molecular formula is C23H19N5O. The van der Waals surface area contributed by atoms with Crippen LogP contribution in [0, 0.1) is 11.8 Å². The van der Waals surface area contributed by atoms with Gasteiger partial charge in [0.05, 0.1) is 17.3 Å². The van der Waals surface area contributed by atoms with E-state index >= 15 is 0 Å². The van der Waals surface area contributed by atoms with Crippen molar-refractivity contribution in [3.05, 3.63) is 89.2 Å². The van der Waals surface area contributed by atoms with Crippen LogP contribution < -0.4 is 11.1 Å². The maximum Gasteiger partial charge on any atom is 0.255 e. The minimum absolute atomic E-state index is 0.196. The second-order valence-electron chi connectivity index (χ2n) is 6.65. The summed E-state index contributed by atoms with van der Waals surface area (Å²) in [5.74, 6) is 6.06. The summed E-state index contributed by atoms with van der Waals surface area (Å²) in [4.78, 5) is 17.0. The average molecular weight is 381 g/mol. The molecule has 4 N–H and O–H groups in total. The van der Waals surface area contributed by atoms with E-state index in [-0.39, 0.29) is 11.9 Å². The number of nitrogens with zero attached hydrogens (tertiary/aromatic N) is 2. The third-order valence-electron chi connectivity index (χ3n) is 4.52. The van der Waals surface area contributed by atoms with Crippen molar-refractivity contribution in [2.45, 2.75) is 13.0 Å². The van der Waals surface area contributed by atoms with Gasteiger partial charge >= 0.3 is 0 Å². The quantitative estimate of drug-likeness (QED) is 0.472. The minimum Gasteiger partial charge on any atom is -0.324 e. The summed E-state index contributed by atoms with van der Waals surface area (Å²) in [5.41, 5.74) is 10.4. The SMILES string of the molecule is CC(N)c1ccc(C(=O)Nc2ccnc3[nH]ncc23)cc1C#Cc1ccccc1.